The van der Waals surface area contributed by atoms with Gasteiger partial charge in [-0.1, -0.05) is 24.8 Å². The number of rotatable bonds is 4. The van der Waals surface area contributed by atoms with Crippen LogP contribution >= 0.6 is 0 Å². The van der Waals surface area contributed by atoms with Gasteiger partial charge in [-0.05, 0) is 11.6 Å². The lowest BCUT2D eigenvalue weighted by molar-refractivity contribution is -0.130. The van der Waals surface area contributed by atoms with E-state index in [2.05, 4.69) is 6.58 Å². The minimum atomic E-state index is -2.76. The molecule has 108 valence electrons. The van der Waals surface area contributed by atoms with Crippen LogP contribution in [0, 0.1) is 0 Å². The summed E-state index contributed by atoms with van der Waals surface area (Å²) < 4.78 is 31.4. The molecule has 0 spiro atoms. The number of methoxy groups -OCH3 is 1. The summed E-state index contributed by atoms with van der Waals surface area (Å²) in [4.78, 5) is 13.3. The van der Waals surface area contributed by atoms with E-state index in [1.54, 1.807) is 18.2 Å². The molecule has 2 rings (SSSR count). The van der Waals surface area contributed by atoms with Gasteiger partial charge in [-0.3, -0.25) is 4.79 Å². The Labute approximate surface area is 116 Å². The van der Waals surface area contributed by atoms with Crippen molar-refractivity contribution in [2.45, 2.75) is 18.8 Å². The molecule has 0 aromatic heterocycles. The summed E-state index contributed by atoms with van der Waals surface area (Å²) in [6.45, 7) is 3.28. The molecule has 0 unspecified atom stereocenters. The van der Waals surface area contributed by atoms with E-state index >= 15 is 0 Å². The van der Waals surface area contributed by atoms with Crippen LogP contribution in [-0.4, -0.2) is 36.9 Å². The van der Waals surface area contributed by atoms with Crippen LogP contribution in [0.1, 0.15) is 17.5 Å². The highest BCUT2D eigenvalue weighted by Crippen LogP contribution is 2.28. The Bertz CT molecular complexity index is 529. The minimum Gasteiger partial charge on any atom is -0.496 e. The second-order valence-electron chi connectivity index (χ2n) is 4.87. The molecule has 1 fully saturated rings. The number of amides is 1. The topological polar surface area (TPSA) is 29.5 Å². The molecule has 1 aromatic carbocycles. The molecular formula is C15H17F2NO2. The maximum atomic E-state index is 13.1. The van der Waals surface area contributed by atoms with Crippen molar-refractivity contribution in [1.29, 1.82) is 0 Å². The van der Waals surface area contributed by atoms with Crippen molar-refractivity contribution >= 4 is 12.0 Å². The highest BCUT2D eigenvalue weighted by atomic mass is 19.3. The van der Waals surface area contributed by atoms with Crippen LogP contribution < -0.4 is 4.74 Å². The number of carbonyl (C=O) groups is 1. The van der Waals surface area contributed by atoms with Gasteiger partial charge in [0.2, 0.25) is 5.91 Å². The number of carbonyl (C=O) groups excluding carboxylic acids is 1. The van der Waals surface area contributed by atoms with E-state index in [-0.39, 0.29) is 25.3 Å². The van der Waals surface area contributed by atoms with Crippen molar-refractivity contribution in [1.82, 2.24) is 4.90 Å². The van der Waals surface area contributed by atoms with E-state index in [0.717, 1.165) is 5.56 Å². The first-order chi connectivity index (χ1) is 9.45. The number of hydrogen-bond acceptors (Lipinski definition) is 2. The quantitative estimate of drug-likeness (QED) is 0.849. The van der Waals surface area contributed by atoms with E-state index in [4.69, 9.17) is 4.74 Å². The van der Waals surface area contributed by atoms with Gasteiger partial charge in [0.15, 0.2) is 0 Å². The van der Waals surface area contributed by atoms with Crippen LogP contribution in [0.25, 0.3) is 6.08 Å². The Morgan fingerprint density at radius 1 is 1.55 bits per heavy atom. The van der Waals surface area contributed by atoms with Gasteiger partial charge in [0.25, 0.3) is 5.92 Å². The second kappa shape index (κ2) is 5.61. The molecule has 1 aromatic rings. The molecule has 1 aliphatic heterocycles. The summed E-state index contributed by atoms with van der Waals surface area (Å²) in [7, 11) is 1.51. The maximum Gasteiger partial charge on any atom is 0.267 e. The first-order valence-electron chi connectivity index (χ1n) is 6.40. The number of halogens is 2. The molecule has 0 atom stereocenters. The summed E-state index contributed by atoms with van der Waals surface area (Å²) >= 11 is 0. The summed E-state index contributed by atoms with van der Waals surface area (Å²) in [5.41, 5.74) is 1.57. The standard InChI is InChI=1S/C15H17F2NO2/c1-3-11-4-5-12(13(8-11)20-2)9-14(19)18-7-6-15(16,17)10-18/h3-5,8H,1,6-7,9-10H2,2H3. The maximum absolute atomic E-state index is 13.1. The fraction of sp³-hybridized carbons (Fsp3) is 0.400. The highest BCUT2D eigenvalue weighted by Gasteiger charge is 2.40. The number of ether oxygens (including phenoxy) is 1. The molecule has 1 saturated heterocycles. The summed E-state index contributed by atoms with van der Waals surface area (Å²) in [6.07, 6.45) is 1.48. The smallest absolute Gasteiger partial charge is 0.267 e. The summed E-state index contributed by atoms with van der Waals surface area (Å²) in [6, 6.07) is 5.35. The van der Waals surface area contributed by atoms with Crippen LogP contribution in [0.2, 0.25) is 0 Å². The molecule has 0 N–H and O–H groups in total. The molecule has 0 bridgehead atoms. The van der Waals surface area contributed by atoms with E-state index < -0.39 is 12.5 Å². The summed E-state index contributed by atoms with van der Waals surface area (Å²) in [5.74, 6) is -2.49. The van der Waals surface area contributed by atoms with Gasteiger partial charge in [0.1, 0.15) is 5.75 Å². The van der Waals surface area contributed by atoms with E-state index in [1.807, 2.05) is 6.07 Å². The predicted octanol–water partition coefficient (Wildman–Crippen LogP) is 2.75. The fourth-order valence-corrected chi connectivity index (χ4v) is 2.26. The molecule has 1 heterocycles. The van der Waals surface area contributed by atoms with Gasteiger partial charge in [-0.2, -0.15) is 0 Å². The van der Waals surface area contributed by atoms with Crippen molar-refractivity contribution in [3.05, 3.63) is 35.9 Å². The Kier molecular flexibility index (Phi) is 4.06. The Balaban J connectivity index is 2.10. The number of likely N-dealkylation sites (tertiary alicyclic amines) is 1. The molecule has 3 nitrogen and oxygen atoms in total. The second-order valence-corrected chi connectivity index (χ2v) is 4.87. The van der Waals surface area contributed by atoms with Gasteiger partial charge in [-0.25, -0.2) is 8.78 Å². The average molecular weight is 281 g/mol. The molecule has 1 aliphatic rings. The average Bonchev–Trinajstić information content (AvgIpc) is 2.79. The lowest BCUT2D eigenvalue weighted by atomic mass is 10.1. The molecule has 5 heteroatoms. The van der Waals surface area contributed by atoms with E-state index in [9.17, 15) is 13.6 Å². The van der Waals surface area contributed by atoms with Crippen LogP contribution in [-0.2, 0) is 11.2 Å². The number of hydrogen-bond donors (Lipinski definition) is 0. The van der Waals surface area contributed by atoms with Gasteiger partial charge in [-0.15, -0.1) is 0 Å². The highest BCUT2D eigenvalue weighted by molar-refractivity contribution is 5.80. The largest absolute Gasteiger partial charge is 0.496 e. The fourth-order valence-electron chi connectivity index (χ4n) is 2.26. The molecule has 0 aliphatic carbocycles. The van der Waals surface area contributed by atoms with Crippen molar-refractivity contribution in [2.75, 3.05) is 20.2 Å². The molecule has 0 saturated carbocycles. The van der Waals surface area contributed by atoms with Crippen molar-refractivity contribution in [3.63, 3.8) is 0 Å². The van der Waals surface area contributed by atoms with E-state index in [0.29, 0.717) is 11.3 Å². The normalized spacial score (nSPS) is 17.1. The Morgan fingerprint density at radius 2 is 2.30 bits per heavy atom. The van der Waals surface area contributed by atoms with Gasteiger partial charge in [0.05, 0.1) is 20.1 Å². The van der Waals surface area contributed by atoms with Gasteiger partial charge < -0.3 is 9.64 Å². The zero-order valence-corrected chi connectivity index (χ0v) is 11.4. The van der Waals surface area contributed by atoms with Gasteiger partial charge in [0, 0.05) is 18.5 Å². The third-order valence-electron chi connectivity index (χ3n) is 3.41. The lowest BCUT2D eigenvalue weighted by Crippen LogP contribution is -2.32. The van der Waals surface area contributed by atoms with Crippen molar-refractivity contribution in [3.8, 4) is 5.75 Å². The Morgan fingerprint density at radius 3 is 2.85 bits per heavy atom. The van der Waals surface area contributed by atoms with Crippen LogP contribution in [0.3, 0.4) is 0 Å². The molecular weight excluding hydrogens is 264 g/mol. The van der Waals surface area contributed by atoms with Crippen LogP contribution in [0.15, 0.2) is 24.8 Å². The predicted molar refractivity (Wildman–Crippen MR) is 72.9 cm³/mol. The third kappa shape index (κ3) is 3.15. The third-order valence-corrected chi connectivity index (χ3v) is 3.41. The zero-order chi connectivity index (χ0) is 14.8. The first kappa shape index (κ1) is 14.5. The number of nitrogens with zero attached hydrogens (tertiary/aromatic N) is 1. The SMILES string of the molecule is C=Cc1ccc(CC(=O)N2CCC(F)(F)C2)c(OC)c1. The van der Waals surface area contributed by atoms with Gasteiger partial charge >= 0.3 is 0 Å². The zero-order valence-electron chi connectivity index (χ0n) is 11.4. The van der Waals surface area contributed by atoms with Crippen molar-refractivity contribution in [2.24, 2.45) is 0 Å². The minimum absolute atomic E-state index is 0.0661. The van der Waals surface area contributed by atoms with Crippen molar-refractivity contribution < 1.29 is 18.3 Å². The number of alkyl halides is 2. The Hall–Kier alpha value is -1.91. The summed E-state index contributed by atoms with van der Waals surface area (Å²) in [5, 5.41) is 0. The molecule has 20 heavy (non-hydrogen) atoms. The number of benzene rings is 1. The molecule has 0 radical (unpaired) electrons. The monoisotopic (exact) mass is 281 g/mol. The van der Waals surface area contributed by atoms with Crippen LogP contribution in [0.4, 0.5) is 8.78 Å². The van der Waals surface area contributed by atoms with E-state index in [1.165, 1.54) is 12.0 Å². The van der Waals surface area contributed by atoms with Crippen LogP contribution in [0.5, 0.6) is 5.75 Å². The first-order valence-corrected chi connectivity index (χ1v) is 6.40. The lowest BCUT2D eigenvalue weighted by Gasteiger charge is -2.17. The molecule has 1 amide bonds.